The molecule has 0 bridgehead atoms. The van der Waals surface area contributed by atoms with Crippen molar-refractivity contribution in [3.63, 3.8) is 0 Å². The highest BCUT2D eigenvalue weighted by molar-refractivity contribution is 5.91. The van der Waals surface area contributed by atoms with Crippen molar-refractivity contribution in [3.8, 4) is 6.07 Å². The molecule has 1 atom stereocenters. The van der Waals surface area contributed by atoms with E-state index >= 15 is 0 Å². The van der Waals surface area contributed by atoms with Gasteiger partial charge in [-0.1, -0.05) is 17.7 Å². The fourth-order valence-electron chi connectivity index (χ4n) is 2.29. The molecule has 0 aliphatic carbocycles. The molecule has 0 heterocycles. The van der Waals surface area contributed by atoms with E-state index in [1.807, 2.05) is 34.6 Å². The molecular weight excluding hydrogens is 250 g/mol. The molecule has 4 nitrogen and oxygen atoms in total. The van der Waals surface area contributed by atoms with E-state index in [0.29, 0.717) is 13.1 Å². The van der Waals surface area contributed by atoms with E-state index in [1.54, 1.807) is 4.90 Å². The molecule has 1 aromatic carbocycles. The molecule has 20 heavy (non-hydrogen) atoms. The van der Waals surface area contributed by atoms with Crippen molar-refractivity contribution < 1.29 is 4.79 Å². The number of aryl methyl sites for hydroxylation is 3. The number of nitriles is 1. The van der Waals surface area contributed by atoms with Crippen LogP contribution < -0.4 is 5.32 Å². The smallest absolute Gasteiger partial charge is 0.321 e. The van der Waals surface area contributed by atoms with Gasteiger partial charge in [0.25, 0.3) is 0 Å². The van der Waals surface area contributed by atoms with Gasteiger partial charge in [-0.25, -0.2) is 4.79 Å². The predicted octanol–water partition coefficient (Wildman–Crippen LogP) is 3.63. The van der Waals surface area contributed by atoms with Gasteiger partial charge in [0, 0.05) is 18.8 Å². The monoisotopic (exact) mass is 273 g/mol. The Balaban J connectivity index is 2.87. The number of benzene rings is 1. The fraction of sp³-hybridized carbons (Fsp3) is 0.500. The fourth-order valence-corrected chi connectivity index (χ4v) is 2.29. The van der Waals surface area contributed by atoms with Crippen LogP contribution in [0.2, 0.25) is 0 Å². The third-order valence-corrected chi connectivity index (χ3v) is 3.29. The second-order valence-electron chi connectivity index (χ2n) is 5.27. The van der Waals surface area contributed by atoms with Crippen LogP contribution in [0.15, 0.2) is 12.1 Å². The summed E-state index contributed by atoms with van der Waals surface area (Å²) in [5.41, 5.74) is 4.16. The molecule has 0 saturated carbocycles. The number of rotatable bonds is 4. The largest absolute Gasteiger partial charge is 0.324 e. The van der Waals surface area contributed by atoms with Crippen LogP contribution >= 0.6 is 0 Å². The molecule has 0 unspecified atom stereocenters. The van der Waals surface area contributed by atoms with Gasteiger partial charge in [-0.05, 0) is 45.7 Å². The minimum atomic E-state index is -0.166. The number of urea groups is 1. The van der Waals surface area contributed by atoms with E-state index in [-0.39, 0.29) is 11.9 Å². The van der Waals surface area contributed by atoms with Crippen molar-refractivity contribution in [2.75, 3.05) is 18.4 Å². The molecule has 0 saturated heterocycles. The van der Waals surface area contributed by atoms with Crippen LogP contribution in [-0.2, 0) is 0 Å². The van der Waals surface area contributed by atoms with Crippen LogP contribution in [0.4, 0.5) is 10.5 Å². The van der Waals surface area contributed by atoms with Crippen molar-refractivity contribution in [3.05, 3.63) is 28.8 Å². The van der Waals surface area contributed by atoms with E-state index in [1.165, 1.54) is 5.56 Å². The maximum absolute atomic E-state index is 12.3. The molecular formula is C16H23N3O. The first kappa shape index (κ1) is 16.0. The van der Waals surface area contributed by atoms with Crippen molar-refractivity contribution >= 4 is 11.7 Å². The van der Waals surface area contributed by atoms with Crippen LogP contribution in [-0.4, -0.2) is 24.0 Å². The molecule has 108 valence electrons. The average molecular weight is 273 g/mol. The summed E-state index contributed by atoms with van der Waals surface area (Å²) < 4.78 is 0. The summed E-state index contributed by atoms with van der Waals surface area (Å²) in [7, 11) is 0. The van der Waals surface area contributed by atoms with Gasteiger partial charge in [0.2, 0.25) is 0 Å². The van der Waals surface area contributed by atoms with Crippen LogP contribution in [0.3, 0.4) is 0 Å². The topological polar surface area (TPSA) is 56.1 Å². The van der Waals surface area contributed by atoms with Crippen LogP contribution in [0.25, 0.3) is 0 Å². The van der Waals surface area contributed by atoms with Gasteiger partial charge in [-0.3, -0.25) is 0 Å². The van der Waals surface area contributed by atoms with Crippen molar-refractivity contribution in [2.24, 2.45) is 5.92 Å². The van der Waals surface area contributed by atoms with Crippen LogP contribution in [0.5, 0.6) is 0 Å². The number of amides is 2. The van der Waals surface area contributed by atoms with Crippen LogP contribution in [0, 0.1) is 38.0 Å². The highest BCUT2D eigenvalue weighted by Gasteiger charge is 2.16. The third-order valence-electron chi connectivity index (χ3n) is 3.29. The normalized spacial score (nSPS) is 11.6. The molecule has 0 aliphatic heterocycles. The molecule has 0 aliphatic rings. The minimum Gasteiger partial charge on any atom is -0.324 e. The van der Waals surface area contributed by atoms with Gasteiger partial charge in [-0.15, -0.1) is 0 Å². The second kappa shape index (κ2) is 6.95. The Morgan fingerprint density at radius 1 is 1.35 bits per heavy atom. The molecule has 1 rings (SSSR count). The molecule has 4 heteroatoms. The van der Waals surface area contributed by atoms with Gasteiger partial charge in [0.15, 0.2) is 0 Å². The SMILES string of the molecule is CCN(C[C@@H](C)C#N)C(=O)Nc1c(C)cc(C)cc1C. The average Bonchev–Trinajstić information content (AvgIpc) is 2.39. The maximum atomic E-state index is 12.3. The van der Waals surface area contributed by atoms with Crippen molar-refractivity contribution in [1.82, 2.24) is 4.90 Å². The molecule has 0 aromatic heterocycles. The van der Waals surface area contributed by atoms with Gasteiger partial charge in [0.05, 0.1) is 12.0 Å². The lowest BCUT2D eigenvalue weighted by atomic mass is 10.1. The number of hydrogen-bond acceptors (Lipinski definition) is 2. The van der Waals surface area contributed by atoms with Crippen LogP contribution in [0.1, 0.15) is 30.5 Å². The minimum absolute atomic E-state index is 0.148. The van der Waals surface area contributed by atoms with Gasteiger partial charge < -0.3 is 10.2 Å². The second-order valence-corrected chi connectivity index (χ2v) is 5.27. The van der Waals surface area contributed by atoms with E-state index in [2.05, 4.69) is 23.5 Å². The summed E-state index contributed by atoms with van der Waals surface area (Å²) in [6.45, 7) is 10.8. The number of nitrogens with zero attached hydrogens (tertiary/aromatic N) is 2. The number of hydrogen-bond donors (Lipinski definition) is 1. The standard InChI is InChI=1S/C16H23N3O/c1-6-19(10-12(3)9-17)16(20)18-15-13(4)7-11(2)8-14(15)5/h7-8,12H,6,10H2,1-5H3,(H,18,20)/t12-/m0/s1. The summed E-state index contributed by atoms with van der Waals surface area (Å²) in [6, 6.07) is 6.11. The Morgan fingerprint density at radius 3 is 2.35 bits per heavy atom. The summed E-state index contributed by atoms with van der Waals surface area (Å²) in [6.07, 6.45) is 0. The number of carbonyl (C=O) groups is 1. The predicted molar refractivity (Wildman–Crippen MR) is 81.7 cm³/mol. The van der Waals surface area contributed by atoms with Gasteiger partial charge in [0.1, 0.15) is 0 Å². The first-order valence-corrected chi connectivity index (χ1v) is 6.92. The van der Waals surface area contributed by atoms with E-state index in [9.17, 15) is 4.79 Å². The van der Waals surface area contributed by atoms with E-state index in [4.69, 9.17) is 5.26 Å². The molecule has 1 N–H and O–H groups in total. The zero-order valence-corrected chi connectivity index (χ0v) is 12.9. The lowest BCUT2D eigenvalue weighted by Gasteiger charge is -2.23. The van der Waals surface area contributed by atoms with E-state index in [0.717, 1.165) is 16.8 Å². The molecule has 0 radical (unpaired) electrons. The summed E-state index contributed by atoms with van der Waals surface area (Å²) in [4.78, 5) is 13.9. The van der Waals surface area contributed by atoms with Crippen molar-refractivity contribution in [2.45, 2.75) is 34.6 Å². The number of anilines is 1. The zero-order valence-electron chi connectivity index (χ0n) is 12.9. The summed E-state index contributed by atoms with van der Waals surface area (Å²) in [5.74, 6) is -0.166. The van der Waals surface area contributed by atoms with Gasteiger partial charge >= 0.3 is 6.03 Å². The summed E-state index contributed by atoms with van der Waals surface area (Å²) >= 11 is 0. The Labute approximate surface area is 121 Å². The Bertz CT molecular complexity index is 508. The lowest BCUT2D eigenvalue weighted by Crippen LogP contribution is -2.37. The number of carbonyl (C=O) groups excluding carboxylic acids is 1. The van der Waals surface area contributed by atoms with E-state index < -0.39 is 0 Å². The maximum Gasteiger partial charge on any atom is 0.321 e. The zero-order chi connectivity index (χ0) is 15.3. The number of nitrogens with one attached hydrogen (secondary N) is 1. The first-order chi connectivity index (χ1) is 9.38. The lowest BCUT2D eigenvalue weighted by molar-refractivity contribution is 0.210. The Morgan fingerprint density at radius 2 is 1.90 bits per heavy atom. The molecule has 0 spiro atoms. The first-order valence-electron chi connectivity index (χ1n) is 6.92. The van der Waals surface area contributed by atoms with Crippen molar-refractivity contribution in [1.29, 1.82) is 5.26 Å². The quantitative estimate of drug-likeness (QED) is 0.910. The Kier molecular flexibility index (Phi) is 5.57. The molecule has 1 aromatic rings. The molecule has 2 amide bonds. The highest BCUT2D eigenvalue weighted by atomic mass is 16.2. The molecule has 0 fully saturated rings. The van der Waals surface area contributed by atoms with Gasteiger partial charge in [-0.2, -0.15) is 5.26 Å². The third kappa shape index (κ3) is 3.99. The highest BCUT2D eigenvalue weighted by Crippen LogP contribution is 2.22. The Hall–Kier alpha value is -2.02. The summed E-state index contributed by atoms with van der Waals surface area (Å²) in [5, 5.41) is 11.8.